The number of nitrogens with zero attached hydrogens (tertiary/aromatic N) is 2. The minimum Gasteiger partial charge on any atom is -0.349 e. The van der Waals surface area contributed by atoms with Crippen molar-refractivity contribution in [2.45, 2.75) is 17.9 Å². The summed E-state index contributed by atoms with van der Waals surface area (Å²) in [5.74, 6) is 0.410. The topological polar surface area (TPSA) is 54.9 Å². The van der Waals surface area contributed by atoms with Gasteiger partial charge in [0.1, 0.15) is 0 Å². The average molecular weight is 349 g/mol. The van der Waals surface area contributed by atoms with Gasteiger partial charge >= 0.3 is 0 Å². The van der Waals surface area contributed by atoms with Crippen LogP contribution in [0.3, 0.4) is 0 Å². The molecule has 2 aromatic heterocycles. The van der Waals surface area contributed by atoms with Crippen molar-refractivity contribution in [3.05, 3.63) is 78.9 Å². The molecule has 3 aromatic rings. The van der Waals surface area contributed by atoms with Crippen LogP contribution in [0.2, 0.25) is 0 Å². The summed E-state index contributed by atoms with van der Waals surface area (Å²) in [6.45, 7) is 1.99. The molecule has 0 aliphatic heterocycles. The number of aromatic nitrogens is 2. The molecule has 0 spiro atoms. The molecule has 0 saturated heterocycles. The molecule has 1 N–H and O–H groups in total. The molecule has 25 heavy (non-hydrogen) atoms. The van der Waals surface area contributed by atoms with E-state index >= 15 is 0 Å². The average Bonchev–Trinajstić information content (AvgIpc) is 2.68. The van der Waals surface area contributed by atoms with Crippen LogP contribution in [0.1, 0.15) is 18.5 Å². The molecule has 1 unspecified atom stereocenters. The predicted molar refractivity (Wildman–Crippen MR) is 101 cm³/mol. The van der Waals surface area contributed by atoms with E-state index in [0.29, 0.717) is 5.75 Å². The first kappa shape index (κ1) is 17.2. The highest BCUT2D eigenvalue weighted by Gasteiger charge is 2.10. The summed E-state index contributed by atoms with van der Waals surface area (Å²) in [6.07, 6.45) is 7.06. The highest BCUT2D eigenvalue weighted by atomic mass is 32.2. The van der Waals surface area contributed by atoms with E-state index in [1.54, 1.807) is 18.6 Å². The molecule has 1 amide bonds. The minimum atomic E-state index is -0.0338. The van der Waals surface area contributed by atoms with Crippen LogP contribution in [0.15, 0.2) is 78.2 Å². The Kier molecular flexibility index (Phi) is 5.80. The van der Waals surface area contributed by atoms with Gasteiger partial charge in [-0.25, -0.2) is 0 Å². The molecule has 1 aromatic carbocycles. The van der Waals surface area contributed by atoms with Gasteiger partial charge in [-0.15, -0.1) is 11.8 Å². The van der Waals surface area contributed by atoms with E-state index < -0.39 is 0 Å². The van der Waals surface area contributed by atoms with Crippen LogP contribution in [0.5, 0.6) is 0 Å². The van der Waals surface area contributed by atoms with Gasteiger partial charge in [-0.05, 0) is 41.8 Å². The summed E-state index contributed by atoms with van der Waals surface area (Å²) >= 11 is 1.51. The van der Waals surface area contributed by atoms with E-state index in [-0.39, 0.29) is 11.9 Å². The molecule has 0 aliphatic carbocycles. The van der Waals surface area contributed by atoms with Gasteiger partial charge in [-0.1, -0.05) is 30.3 Å². The first-order valence-corrected chi connectivity index (χ1v) is 9.03. The molecule has 2 heterocycles. The number of carbonyl (C=O) groups is 1. The second-order valence-corrected chi connectivity index (χ2v) is 6.67. The highest BCUT2D eigenvalue weighted by molar-refractivity contribution is 8.00. The Morgan fingerprint density at radius 2 is 1.76 bits per heavy atom. The lowest BCUT2D eigenvalue weighted by Crippen LogP contribution is -2.28. The first-order chi connectivity index (χ1) is 12.2. The van der Waals surface area contributed by atoms with Crippen molar-refractivity contribution >= 4 is 17.7 Å². The quantitative estimate of drug-likeness (QED) is 0.680. The molecule has 0 saturated carbocycles. The van der Waals surface area contributed by atoms with Gasteiger partial charge in [0.25, 0.3) is 0 Å². The fourth-order valence-electron chi connectivity index (χ4n) is 2.45. The van der Waals surface area contributed by atoms with Gasteiger partial charge in [0.05, 0.1) is 11.8 Å². The molecule has 3 rings (SSSR count). The van der Waals surface area contributed by atoms with Crippen molar-refractivity contribution in [1.29, 1.82) is 0 Å². The number of hydrogen-bond donors (Lipinski definition) is 1. The van der Waals surface area contributed by atoms with Gasteiger partial charge < -0.3 is 5.32 Å². The lowest BCUT2D eigenvalue weighted by Gasteiger charge is -2.15. The van der Waals surface area contributed by atoms with Gasteiger partial charge in [0.15, 0.2) is 0 Å². The number of benzene rings is 1. The molecule has 1 atom stereocenters. The summed E-state index contributed by atoms with van der Waals surface area (Å²) in [5, 5.41) is 3.04. The standard InChI is InChI=1S/C20H19N3OS/c1-15(23-20(24)14-25-19-8-11-21-12-9-19)16-4-6-17(7-5-16)18-3-2-10-22-13-18/h2-13,15H,14H2,1H3,(H,23,24). The van der Waals surface area contributed by atoms with Crippen molar-refractivity contribution in [2.24, 2.45) is 0 Å². The molecule has 0 radical (unpaired) electrons. The number of amides is 1. The Balaban J connectivity index is 1.55. The fraction of sp³-hybridized carbons (Fsp3) is 0.150. The van der Waals surface area contributed by atoms with Gasteiger partial charge in [0.2, 0.25) is 5.91 Å². The third-order valence-corrected chi connectivity index (χ3v) is 4.81. The number of pyridine rings is 2. The molecule has 0 bridgehead atoms. The van der Waals surface area contributed by atoms with Gasteiger partial charge in [0, 0.05) is 29.7 Å². The number of hydrogen-bond acceptors (Lipinski definition) is 4. The maximum absolute atomic E-state index is 12.1. The van der Waals surface area contributed by atoms with Crippen molar-refractivity contribution in [2.75, 3.05) is 5.75 Å². The van der Waals surface area contributed by atoms with Gasteiger partial charge in [-0.2, -0.15) is 0 Å². The zero-order valence-corrected chi connectivity index (χ0v) is 14.7. The molecular formula is C20H19N3OS. The van der Waals surface area contributed by atoms with E-state index in [4.69, 9.17) is 0 Å². The molecule has 126 valence electrons. The summed E-state index contributed by atoms with van der Waals surface area (Å²) in [7, 11) is 0. The number of carbonyl (C=O) groups excluding carboxylic acids is 1. The van der Waals surface area contributed by atoms with Crippen LogP contribution in [0, 0.1) is 0 Å². The maximum atomic E-state index is 12.1. The van der Waals surface area contributed by atoms with Crippen LogP contribution < -0.4 is 5.32 Å². The van der Waals surface area contributed by atoms with E-state index in [1.165, 1.54) is 11.8 Å². The SMILES string of the molecule is CC(NC(=O)CSc1ccncc1)c1ccc(-c2cccnc2)cc1. The summed E-state index contributed by atoms with van der Waals surface area (Å²) in [6, 6.07) is 15.9. The van der Waals surface area contributed by atoms with Crippen LogP contribution in [-0.2, 0) is 4.79 Å². The number of nitrogens with one attached hydrogen (secondary N) is 1. The Morgan fingerprint density at radius 3 is 2.44 bits per heavy atom. The molecule has 4 nitrogen and oxygen atoms in total. The van der Waals surface area contributed by atoms with Crippen molar-refractivity contribution in [3.63, 3.8) is 0 Å². The van der Waals surface area contributed by atoms with E-state index in [9.17, 15) is 4.79 Å². The van der Waals surface area contributed by atoms with Gasteiger partial charge in [-0.3, -0.25) is 14.8 Å². The van der Waals surface area contributed by atoms with E-state index in [1.807, 2.05) is 49.5 Å². The first-order valence-electron chi connectivity index (χ1n) is 8.05. The van der Waals surface area contributed by atoms with Crippen LogP contribution >= 0.6 is 11.8 Å². The fourth-order valence-corrected chi connectivity index (χ4v) is 3.14. The summed E-state index contributed by atoms with van der Waals surface area (Å²) in [5.41, 5.74) is 3.28. The zero-order chi connectivity index (χ0) is 17.5. The second-order valence-electron chi connectivity index (χ2n) is 5.62. The monoisotopic (exact) mass is 349 g/mol. The smallest absolute Gasteiger partial charge is 0.230 e. The zero-order valence-electron chi connectivity index (χ0n) is 13.9. The second kappa shape index (κ2) is 8.44. The molecule has 0 aliphatic rings. The predicted octanol–water partition coefficient (Wildman–Crippen LogP) is 4.11. The van der Waals surface area contributed by atoms with Crippen molar-refractivity contribution in [3.8, 4) is 11.1 Å². The molecule has 0 fully saturated rings. The van der Waals surface area contributed by atoms with E-state index in [2.05, 4.69) is 27.4 Å². The van der Waals surface area contributed by atoms with Crippen molar-refractivity contribution < 1.29 is 4.79 Å². The van der Waals surface area contributed by atoms with Crippen molar-refractivity contribution in [1.82, 2.24) is 15.3 Å². The summed E-state index contributed by atoms with van der Waals surface area (Å²) in [4.78, 5) is 21.3. The maximum Gasteiger partial charge on any atom is 0.230 e. The third kappa shape index (κ3) is 4.90. The summed E-state index contributed by atoms with van der Waals surface area (Å²) < 4.78 is 0. The van der Waals surface area contributed by atoms with Crippen LogP contribution in [0.4, 0.5) is 0 Å². The van der Waals surface area contributed by atoms with Crippen LogP contribution in [-0.4, -0.2) is 21.6 Å². The van der Waals surface area contributed by atoms with Crippen LogP contribution in [0.25, 0.3) is 11.1 Å². The number of thioether (sulfide) groups is 1. The van der Waals surface area contributed by atoms with E-state index in [0.717, 1.165) is 21.6 Å². The lowest BCUT2D eigenvalue weighted by molar-refractivity contribution is -0.119. The lowest BCUT2D eigenvalue weighted by atomic mass is 10.0. The normalized spacial score (nSPS) is 11.7. The Bertz CT molecular complexity index is 807. The highest BCUT2D eigenvalue weighted by Crippen LogP contribution is 2.21. The molecular weight excluding hydrogens is 330 g/mol. The Morgan fingerprint density at radius 1 is 1.00 bits per heavy atom. The Hall–Kier alpha value is -2.66. The third-order valence-electron chi connectivity index (χ3n) is 3.80. The Labute approximate surface area is 151 Å². The minimum absolute atomic E-state index is 0.0191. The largest absolute Gasteiger partial charge is 0.349 e. The number of rotatable bonds is 6. The molecule has 5 heteroatoms.